The molecule has 1 heterocycles. The van der Waals surface area contributed by atoms with Crippen LogP contribution in [0.25, 0.3) is 0 Å². The Kier molecular flexibility index (Phi) is 5.02. The summed E-state index contributed by atoms with van der Waals surface area (Å²) in [5.41, 5.74) is 6.05. The molecule has 1 rings (SSSR count). The van der Waals surface area contributed by atoms with Crippen molar-refractivity contribution in [3.63, 3.8) is 0 Å². The van der Waals surface area contributed by atoms with E-state index in [-0.39, 0.29) is 18.7 Å². The number of rotatable bonds is 6. The molecule has 0 saturated heterocycles. The van der Waals surface area contributed by atoms with E-state index in [2.05, 4.69) is 15.3 Å². The van der Waals surface area contributed by atoms with Crippen molar-refractivity contribution in [1.82, 2.24) is 15.3 Å². The van der Waals surface area contributed by atoms with Gasteiger partial charge in [0, 0.05) is 30.9 Å². The Balaban J connectivity index is 2.24. The van der Waals surface area contributed by atoms with E-state index in [0.717, 1.165) is 5.56 Å². The molecule has 0 unspecified atom stereocenters. The van der Waals surface area contributed by atoms with Crippen molar-refractivity contribution in [1.29, 1.82) is 0 Å². The quantitative estimate of drug-likeness (QED) is 0.602. The molecule has 0 bridgehead atoms. The average Bonchev–Trinajstić information content (AvgIpc) is 2.34. The standard InChI is InChI=1S/C10H14N4O3/c11-8(10(16)17)1-2-9(15)14-5-7-3-12-6-13-4-7/h3-4,6,8H,1-2,5,11H2,(H,14,15)(H,16,17)/t8-/m0/s1. The predicted octanol–water partition coefficient (Wildman–Crippen LogP) is -0.715. The van der Waals surface area contributed by atoms with Crippen molar-refractivity contribution in [3.8, 4) is 0 Å². The number of aromatic nitrogens is 2. The van der Waals surface area contributed by atoms with Crippen LogP contribution in [0, 0.1) is 0 Å². The first-order valence-electron chi connectivity index (χ1n) is 5.08. The highest BCUT2D eigenvalue weighted by atomic mass is 16.4. The second-order valence-corrected chi connectivity index (χ2v) is 3.51. The van der Waals surface area contributed by atoms with Crippen molar-refractivity contribution in [2.75, 3.05) is 0 Å². The van der Waals surface area contributed by atoms with Crippen LogP contribution in [0.4, 0.5) is 0 Å². The summed E-state index contributed by atoms with van der Waals surface area (Å²) in [6.45, 7) is 0.321. The molecule has 0 radical (unpaired) electrons. The maximum Gasteiger partial charge on any atom is 0.320 e. The van der Waals surface area contributed by atoms with E-state index in [1.165, 1.54) is 6.33 Å². The first-order valence-corrected chi connectivity index (χ1v) is 5.08. The number of hydrogen-bond acceptors (Lipinski definition) is 5. The van der Waals surface area contributed by atoms with Gasteiger partial charge in [-0.25, -0.2) is 9.97 Å². The Morgan fingerprint density at radius 3 is 2.65 bits per heavy atom. The monoisotopic (exact) mass is 238 g/mol. The van der Waals surface area contributed by atoms with Gasteiger partial charge in [0.1, 0.15) is 12.4 Å². The third kappa shape index (κ3) is 5.03. The van der Waals surface area contributed by atoms with Crippen LogP contribution in [0.5, 0.6) is 0 Å². The summed E-state index contributed by atoms with van der Waals surface area (Å²) in [6, 6.07) is -0.999. The fraction of sp³-hybridized carbons (Fsp3) is 0.400. The molecule has 92 valence electrons. The summed E-state index contributed by atoms with van der Waals surface area (Å²) in [5.74, 6) is -1.35. The van der Waals surface area contributed by atoms with Crippen LogP contribution in [0.15, 0.2) is 18.7 Å². The van der Waals surface area contributed by atoms with Gasteiger partial charge in [-0.2, -0.15) is 0 Å². The van der Waals surface area contributed by atoms with Gasteiger partial charge in [-0.1, -0.05) is 0 Å². The number of aliphatic carboxylic acids is 1. The lowest BCUT2D eigenvalue weighted by Gasteiger charge is -2.07. The van der Waals surface area contributed by atoms with Crippen LogP contribution in [0.2, 0.25) is 0 Å². The first-order chi connectivity index (χ1) is 8.09. The minimum Gasteiger partial charge on any atom is -0.480 e. The fourth-order valence-corrected chi connectivity index (χ4v) is 1.12. The number of nitrogens with two attached hydrogens (primary N) is 1. The van der Waals surface area contributed by atoms with E-state index in [9.17, 15) is 9.59 Å². The summed E-state index contributed by atoms with van der Waals surface area (Å²) in [6.07, 6.45) is 4.79. The molecule has 0 fully saturated rings. The van der Waals surface area contributed by atoms with Gasteiger partial charge in [-0.05, 0) is 6.42 Å². The van der Waals surface area contributed by atoms with Crippen molar-refractivity contribution in [3.05, 3.63) is 24.3 Å². The number of amides is 1. The number of carbonyl (C=O) groups is 2. The zero-order chi connectivity index (χ0) is 12.7. The molecule has 0 aliphatic heterocycles. The molecular weight excluding hydrogens is 224 g/mol. The zero-order valence-electron chi connectivity index (χ0n) is 9.17. The van der Waals surface area contributed by atoms with E-state index in [0.29, 0.717) is 6.54 Å². The Hall–Kier alpha value is -2.02. The fourth-order valence-electron chi connectivity index (χ4n) is 1.12. The van der Waals surface area contributed by atoms with Crippen molar-refractivity contribution in [2.24, 2.45) is 5.73 Å². The number of carboxylic acid groups (broad SMARTS) is 1. The second-order valence-electron chi connectivity index (χ2n) is 3.51. The molecule has 7 nitrogen and oxygen atoms in total. The molecule has 0 saturated carbocycles. The number of nitrogens with zero attached hydrogens (tertiary/aromatic N) is 2. The maximum absolute atomic E-state index is 11.3. The van der Waals surface area contributed by atoms with E-state index < -0.39 is 12.0 Å². The molecule has 1 amide bonds. The van der Waals surface area contributed by atoms with Gasteiger partial charge < -0.3 is 16.2 Å². The lowest BCUT2D eigenvalue weighted by molar-refractivity contribution is -0.138. The molecule has 1 aromatic rings. The number of carboxylic acids is 1. The third-order valence-electron chi connectivity index (χ3n) is 2.10. The van der Waals surface area contributed by atoms with Crippen LogP contribution in [0.1, 0.15) is 18.4 Å². The lowest BCUT2D eigenvalue weighted by atomic mass is 10.1. The largest absolute Gasteiger partial charge is 0.480 e. The summed E-state index contributed by atoms with van der Waals surface area (Å²) in [4.78, 5) is 29.4. The zero-order valence-corrected chi connectivity index (χ0v) is 9.17. The highest BCUT2D eigenvalue weighted by Crippen LogP contribution is 1.96. The van der Waals surface area contributed by atoms with Gasteiger partial charge in [0.05, 0.1) is 0 Å². The first kappa shape index (κ1) is 13.0. The maximum atomic E-state index is 11.3. The minimum atomic E-state index is -1.10. The van der Waals surface area contributed by atoms with Crippen LogP contribution in [0.3, 0.4) is 0 Å². The molecule has 0 aliphatic carbocycles. The Morgan fingerprint density at radius 1 is 1.41 bits per heavy atom. The molecule has 0 spiro atoms. The molecule has 17 heavy (non-hydrogen) atoms. The highest BCUT2D eigenvalue weighted by molar-refractivity contribution is 5.78. The lowest BCUT2D eigenvalue weighted by Crippen LogP contribution is -2.32. The molecule has 1 atom stereocenters. The van der Waals surface area contributed by atoms with Gasteiger partial charge >= 0.3 is 5.97 Å². The molecule has 0 aliphatic rings. The van der Waals surface area contributed by atoms with Gasteiger partial charge in [0.25, 0.3) is 0 Å². The summed E-state index contributed by atoms with van der Waals surface area (Å²) in [7, 11) is 0. The predicted molar refractivity (Wildman–Crippen MR) is 58.7 cm³/mol. The third-order valence-corrected chi connectivity index (χ3v) is 2.10. The summed E-state index contributed by atoms with van der Waals surface area (Å²) < 4.78 is 0. The summed E-state index contributed by atoms with van der Waals surface area (Å²) in [5, 5.41) is 11.2. The van der Waals surface area contributed by atoms with Crippen LogP contribution in [-0.4, -0.2) is 33.0 Å². The van der Waals surface area contributed by atoms with Gasteiger partial charge in [-0.3, -0.25) is 9.59 Å². The smallest absolute Gasteiger partial charge is 0.320 e. The number of nitrogens with one attached hydrogen (secondary N) is 1. The Bertz CT molecular complexity index is 382. The van der Waals surface area contributed by atoms with Crippen LogP contribution in [-0.2, 0) is 16.1 Å². The highest BCUT2D eigenvalue weighted by Gasteiger charge is 2.13. The normalized spacial score (nSPS) is 11.8. The molecule has 4 N–H and O–H groups in total. The molecular formula is C10H14N4O3. The SMILES string of the molecule is N[C@@H](CCC(=O)NCc1cncnc1)C(=O)O. The average molecular weight is 238 g/mol. The molecule has 1 aromatic heterocycles. The van der Waals surface area contributed by atoms with Crippen molar-refractivity contribution >= 4 is 11.9 Å². The minimum absolute atomic E-state index is 0.0845. The molecule has 0 aromatic carbocycles. The summed E-state index contributed by atoms with van der Waals surface area (Å²) >= 11 is 0. The van der Waals surface area contributed by atoms with Gasteiger partial charge in [0.2, 0.25) is 5.91 Å². The Morgan fingerprint density at radius 2 is 2.06 bits per heavy atom. The molecule has 7 heteroatoms. The Labute approximate surface area is 98.1 Å². The van der Waals surface area contributed by atoms with Crippen LogP contribution < -0.4 is 11.1 Å². The number of hydrogen-bond donors (Lipinski definition) is 3. The second kappa shape index (κ2) is 6.54. The van der Waals surface area contributed by atoms with Gasteiger partial charge in [-0.15, -0.1) is 0 Å². The van der Waals surface area contributed by atoms with E-state index in [1.54, 1.807) is 12.4 Å². The van der Waals surface area contributed by atoms with E-state index >= 15 is 0 Å². The number of carbonyl (C=O) groups excluding carboxylic acids is 1. The topological polar surface area (TPSA) is 118 Å². The van der Waals surface area contributed by atoms with Gasteiger partial charge in [0.15, 0.2) is 0 Å². The van der Waals surface area contributed by atoms with Crippen molar-refractivity contribution < 1.29 is 14.7 Å². The van der Waals surface area contributed by atoms with E-state index in [4.69, 9.17) is 10.8 Å². The van der Waals surface area contributed by atoms with E-state index in [1.807, 2.05) is 0 Å². The van der Waals surface area contributed by atoms with Crippen molar-refractivity contribution in [2.45, 2.75) is 25.4 Å². The van der Waals surface area contributed by atoms with Crippen LogP contribution >= 0.6 is 0 Å².